The summed E-state index contributed by atoms with van der Waals surface area (Å²) in [6.45, 7) is 10.5. The predicted octanol–water partition coefficient (Wildman–Crippen LogP) is 5.85. The van der Waals surface area contributed by atoms with Gasteiger partial charge < -0.3 is 10.1 Å². The van der Waals surface area contributed by atoms with Gasteiger partial charge in [-0.25, -0.2) is 4.79 Å². The van der Waals surface area contributed by atoms with Crippen molar-refractivity contribution >= 4 is 51.3 Å². The maximum Gasteiger partial charge on any atom is 0.340 e. The van der Waals surface area contributed by atoms with E-state index < -0.39 is 5.97 Å². The molecule has 3 aromatic heterocycles. The molecule has 1 amide bonds. The smallest absolute Gasteiger partial charge is 0.340 e. The molecule has 3 rings (SSSR count). The topological polar surface area (TPSA) is 86.1 Å². The molecule has 0 saturated carbocycles. The second kappa shape index (κ2) is 10.6. The van der Waals surface area contributed by atoms with Gasteiger partial charge in [0, 0.05) is 26.7 Å². The maximum absolute atomic E-state index is 12.6. The molecule has 0 spiro atoms. The number of nitrogens with zero attached hydrogens (tertiary/aromatic N) is 3. The summed E-state index contributed by atoms with van der Waals surface area (Å²) in [6.07, 6.45) is 0.778. The van der Waals surface area contributed by atoms with Crippen molar-refractivity contribution in [2.45, 2.75) is 58.2 Å². The van der Waals surface area contributed by atoms with Gasteiger partial charge in [-0.2, -0.15) is 0 Å². The number of thiophene rings is 2. The Morgan fingerprint density at radius 1 is 1.22 bits per heavy atom. The van der Waals surface area contributed by atoms with Gasteiger partial charge in [-0.15, -0.1) is 32.9 Å². The largest absolute Gasteiger partial charge is 0.465 e. The second-order valence-corrected chi connectivity index (χ2v) is 10.8. The number of anilines is 1. The van der Waals surface area contributed by atoms with E-state index in [4.69, 9.17) is 4.74 Å². The van der Waals surface area contributed by atoms with E-state index in [9.17, 15) is 9.59 Å². The van der Waals surface area contributed by atoms with E-state index in [0.717, 1.165) is 22.7 Å². The zero-order valence-corrected chi connectivity index (χ0v) is 21.5. The first-order valence-electron chi connectivity index (χ1n) is 10.4. The zero-order chi connectivity index (χ0) is 23.4. The van der Waals surface area contributed by atoms with Gasteiger partial charge in [0.15, 0.2) is 11.0 Å². The first-order chi connectivity index (χ1) is 15.2. The summed E-state index contributed by atoms with van der Waals surface area (Å²) in [4.78, 5) is 27.0. The van der Waals surface area contributed by atoms with Crippen LogP contribution in [0.2, 0.25) is 0 Å². The minimum absolute atomic E-state index is 0.142. The number of amides is 1. The molecule has 0 atom stereocenters. The van der Waals surface area contributed by atoms with Gasteiger partial charge in [0.2, 0.25) is 5.91 Å². The molecule has 0 unspecified atom stereocenters. The molecule has 0 aliphatic heterocycles. The number of ether oxygens (including phenoxy) is 1. The molecule has 7 nitrogen and oxygen atoms in total. The highest BCUT2D eigenvalue weighted by atomic mass is 32.2. The van der Waals surface area contributed by atoms with Crippen LogP contribution >= 0.6 is 34.4 Å². The summed E-state index contributed by atoms with van der Waals surface area (Å²) in [7, 11) is 1.33. The molecule has 0 aliphatic carbocycles. The number of aromatic nitrogens is 3. The maximum atomic E-state index is 12.6. The number of carbonyl (C=O) groups excluding carboxylic acids is 2. The third kappa shape index (κ3) is 5.41. The second-order valence-electron chi connectivity index (χ2n) is 7.80. The van der Waals surface area contributed by atoms with Crippen molar-refractivity contribution in [2.75, 3.05) is 18.2 Å². The van der Waals surface area contributed by atoms with Crippen molar-refractivity contribution < 1.29 is 14.3 Å². The van der Waals surface area contributed by atoms with Gasteiger partial charge in [0.1, 0.15) is 5.00 Å². The molecule has 0 bridgehead atoms. The number of hydrogen-bond acceptors (Lipinski definition) is 8. The van der Waals surface area contributed by atoms with Crippen LogP contribution in [0.15, 0.2) is 22.7 Å². The fraction of sp³-hybridized carbons (Fsp3) is 0.455. The van der Waals surface area contributed by atoms with Crippen LogP contribution in [0.4, 0.5) is 5.00 Å². The summed E-state index contributed by atoms with van der Waals surface area (Å²) in [5.74, 6) is 0.768. The standard InChI is InChI=1S/C22H28N4O3S3/c1-7-15-9-16(21(28)29-6)20(32-15)23-18(27)11-31-22-25-24-19(26(22)13(4)5)14-8-17(12(2)3)30-10-14/h8-10,12-13H,7,11H2,1-6H3,(H,23,27). The minimum Gasteiger partial charge on any atom is -0.465 e. The number of thioether (sulfide) groups is 1. The molecule has 0 aliphatic rings. The van der Waals surface area contributed by atoms with Gasteiger partial charge in [-0.3, -0.25) is 9.36 Å². The van der Waals surface area contributed by atoms with Gasteiger partial charge in [0.05, 0.1) is 18.4 Å². The van der Waals surface area contributed by atoms with Gasteiger partial charge in [-0.05, 0) is 38.3 Å². The number of aryl methyl sites for hydroxylation is 1. The minimum atomic E-state index is -0.454. The lowest BCUT2D eigenvalue weighted by molar-refractivity contribution is -0.113. The number of carbonyl (C=O) groups is 2. The van der Waals surface area contributed by atoms with Crippen LogP contribution in [0, 0.1) is 0 Å². The number of methoxy groups -OCH3 is 1. The van der Waals surface area contributed by atoms with Crippen LogP contribution in [0.5, 0.6) is 0 Å². The summed E-state index contributed by atoms with van der Waals surface area (Å²) in [5, 5.41) is 14.9. The number of esters is 1. The fourth-order valence-electron chi connectivity index (χ4n) is 3.07. The third-order valence-electron chi connectivity index (χ3n) is 4.75. The van der Waals surface area contributed by atoms with E-state index in [0.29, 0.717) is 21.6 Å². The van der Waals surface area contributed by atoms with Crippen molar-refractivity contribution in [1.82, 2.24) is 14.8 Å². The van der Waals surface area contributed by atoms with Gasteiger partial charge in [0.25, 0.3) is 0 Å². The average Bonchev–Trinajstić information content (AvgIpc) is 3.48. The molecule has 10 heteroatoms. The lowest BCUT2D eigenvalue weighted by atomic mass is 10.1. The predicted molar refractivity (Wildman–Crippen MR) is 132 cm³/mol. The monoisotopic (exact) mass is 492 g/mol. The lowest BCUT2D eigenvalue weighted by Crippen LogP contribution is -2.16. The van der Waals surface area contributed by atoms with Crippen LogP contribution < -0.4 is 5.32 Å². The molecule has 0 fully saturated rings. The highest BCUT2D eigenvalue weighted by molar-refractivity contribution is 7.99. The number of nitrogens with one attached hydrogen (secondary N) is 1. The van der Waals surface area contributed by atoms with Crippen molar-refractivity contribution in [3.63, 3.8) is 0 Å². The first kappa shape index (κ1) is 24.5. The van der Waals surface area contributed by atoms with E-state index in [2.05, 4.69) is 59.2 Å². The Balaban J connectivity index is 1.74. The molecular formula is C22H28N4O3S3. The SMILES string of the molecule is CCc1cc(C(=O)OC)c(NC(=O)CSc2nnc(-c3csc(C(C)C)c3)n2C(C)C)s1. The quantitative estimate of drug-likeness (QED) is 0.298. The van der Waals surface area contributed by atoms with E-state index in [1.165, 1.54) is 35.1 Å². The third-order valence-corrected chi connectivity index (χ3v) is 8.12. The highest BCUT2D eigenvalue weighted by Crippen LogP contribution is 2.33. The molecular weight excluding hydrogens is 464 g/mol. The van der Waals surface area contributed by atoms with E-state index in [1.54, 1.807) is 17.4 Å². The molecule has 0 radical (unpaired) electrons. The van der Waals surface area contributed by atoms with E-state index >= 15 is 0 Å². The molecule has 32 heavy (non-hydrogen) atoms. The normalized spacial score (nSPS) is 11.4. The van der Waals surface area contributed by atoms with E-state index in [1.807, 2.05) is 6.92 Å². The number of rotatable bonds is 9. The highest BCUT2D eigenvalue weighted by Gasteiger charge is 2.21. The van der Waals surface area contributed by atoms with Crippen LogP contribution in [-0.2, 0) is 16.0 Å². The summed E-state index contributed by atoms with van der Waals surface area (Å²) < 4.78 is 6.90. The fourth-order valence-corrected chi connectivity index (χ4v) is 5.85. The van der Waals surface area contributed by atoms with Crippen LogP contribution in [-0.4, -0.2) is 39.5 Å². The van der Waals surface area contributed by atoms with Crippen LogP contribution in [0.3, 0.4) is 0 Å². The molecule has 1 N–H and O–H groups in total. The molecule has 3 heterocycles. The summed E-state index contributed by atoms with van der Waals surface area (Å²) >= 11 is 4.45. The van der Waals surface area contributed by atoms with Crippen molar-refractivity contribution in [3.8, 4) is 11.4 Å². The lowest BCUT2D eigenvalue weighted by Gasteiger charge is -2.13. The Morgan fingerprint density at radius 2 is 1.97 bits per heavy atom. The molecule has 172 valence electrons. The Morgan fingerprint density at radius 3 is 2.56 bits per heavy atom. The first-order valence-corrected chi connectivity index (χ1v) is 13.1. The number of hydrogen-bond donors (Lipinski definition) is 1. The Kier molecular flexibility index (Phi) is 8.13. The Labute approximate surface area is 200 Å². The molecule has 0 aromatic carbocycles. The van der Waals surface area contributed by atoms with Crippen LogP contribution in [0.25, 0.3) is 11.4 Å². The summed E-state index contributed by atoms with van der Waals surface area (Å²) in [6, 6.07) is 4.08. The van der Waals surface area contributed by atoms with Crippen molar-refractivity contribution in [2.24, 2.45) is 0 Å². The van der Waals surface area contributed by atoms with Crippen LogP contribution in [0.1, 0.15) is 66.7 Å². The van der Waals surface area contributed by atoms with Crippen molar-refractivity contribution in [1.29, 1.82) is 0 Å². The summed E-state index contributed by atoms with van der Waals surface area (Å²) in [5.41, 5.74) is 1.43. The zero-order valence-electron chi connectivity index (χ0n) is 19.1. The van der Waals surface area contributed by atoms with Crippen molar-refractivity contribution in [3.05, 3.63) is 32.8 Å². The Bertz CT molecular complexity index is 1100. The van der Waals surface area contributed by atoms with Gasteiger partial charge >= 0.3 is 5.97 Å². The van der Waals surface area contributed by atoms with Gasteiger partial charge in [-0.1, -0.05) is 32.5 Å². The molecule has 0 saturated heterocycles. The molecule has 3 aromatic rings. The average molecular weight is 493 g/mol. The van der Waals surface area contributed by atoms with E-state index in [-0.39, 0.29) is 17.7 Å². The Hall–Kier alpha value is -2.17.